The van der Waals surface area contributed by atoms with Crippen molar-refractivity contribution in [2.75, 3.05) is 13.1 Å². The number of nitrogens with zero attached hydrogens (tertiary/aromatic N) is 3. The van der Waals surface area contributed by atoms with E-state index in [4.69, 9.17) is 9.72 Å². The first-order chi connectivity index (χ1) is 16.8. The van der Waals surface area contributed by atoms with E-state index in [9.17, 15) is 9.59 Å². The lowest BCUT2D eigenvalue weighted by Crippen LogP contribution is -2.40. The fourth-order valence-electron chi connectivity index (χ4n) is 4.92. The number of thiophene rings is 1. The van der Waals surface area contributed by atoms with Gasteiger partial charge < -0.3 is 9.64 Å². The Bertz CT molecular complexity index is 1290. The van der Waals surface area contributed by atoms with Gasteiger partial charge in [-0.05, 0) is 56.7 Å². The van der Waals surface area contributed by atoms with Gasteiger partial charge in [-0.25, -0.2) is 4.98 Å². The van der Waals surface area contributed by atoms with Crippen molar-refractivity contribution in [2.24, 2.45) is 5.92 Å². The molecule has 2 aliphatic heterocycles. The Hall–Kier alpha value is -2.16. The van der Waals surface area contributed by atoms with Gasteiger partial charge in [-0.2, -0.15) is 0 Å². The summed E-state index contributed by atoms with van der Waals surface area (Å²) in [5.41, 5.74) is 2.94. The second-order valence-corrected chi connectivity index (χ2v) is 12.4. The molecule has 4 heterocycles. The van der Waals surface area contributed by atoms with Crippen LogP contribution in [0.1, 0.15) is 56.0 Å². The number of rotatable bonds is 5. The number of benzene rings is 1. The molecule has 3 aromatic rings. The van der Waals surface area contributed by atoms with Crippen molar-refractivity contribution in [3.63, 3.8) is 0 Å². The summed E-state index contributed by atoms with van der Waals surface area (Å²) in [6.07, 6.45) is 4.13. The standard InChI is InChI=1S/C27H33N3O3S2/c1-16(2)21-14-20-22(15-33-21)35-24-23(20)26(32)30(19-10-8-17(3)9-11-19)27(28-24)34-18(4)25(31)29-12-6-5-7-13-29/h8-11,16,18,21H,5-7,12-15H2,1-4H3. The van der Waals surface area contributed by atoms with Gasteiger partial charge in [0.2, 0.25) is 5.91 Å². The number of aromatic nitrogens is 2. The number of hydrogen-bond acceptors (Lipinski definition) is 6. The maximum atomic E-state index is 14.1. The van der Waals surface area contributed by atoms with Gasteiger partial charge in [0.05, 0.1) is 29.0 Å². The van der Waals surface area contributed by atoms with Gasteiger partial charge in [0.1, 0.15) is 4.83 Å². The lowest BCUT2D eigenvalue weighted by Gasteiger charge is -2.29. The number of amides is 1. The monoisotopic (exact) mass is 511 g/mol. The summed E-state index contributed by atoms with van der Waals surface area (Å²) < 4.78 is 7.78. The largest absolute Gasteiger partial charge is 0.372 e. The summed E-state index contributed by atoms with van der Waals surface area (Å²) in [4.78, 5) is 36.1. The molecule has 5 rings (SSSR count). The fourth-order valence-corrected chi connectivity index (χ4v) is 7.09. The summed E-state index contributed by atoms with van der Waals surface area (Å²) in [5.74, 6) is 0.500. The zero-order valence-corrected chi connectivity index (χ0v) is 22.5. The molecule has 1 amide bonds. The van der Waals surface area contributed by atoms with Gasteiger partial charge in [0.25, 0.3) is 5.56 Å². The number of hydrogen-bond donors (Lipinski definition) is 0. The molecule has 0 bridgehead atoms. The Morgan fingerprint density at radius 1 is 1.14 bits per heavy atom. The molecule has 2 atom stereocenters. The number of piperidine rings is 1. The first-order valence-electron chi connectivity index (χ1n) is 12.5. The van der Waals surface area contributed by atoms with Crippen LogP contribution in [0.3, 0.4) is 0 Å². The van der Waals surface area contributed by atoms with Crippen molar-refractivity contribution in [2.45, 2.75) is 76.5 Å². The number of thioether (sulfide) groups is 1. The van der Waals surface area contributed by atoms with E-state index in [0.717, 1.165) is 58.9 Å². The molecule has 0 saturated carbocycles. The van der Waals surface area contributed by atoms with E-state index in [2.05, 4.69) is 13.8 Å². The first kappa shape index (κ1) is 24.5. The average molecular weight is 512 g/mol. The molecular weight excluding hydrogens is 478 g/mol. The zero-order valence-electron chi connectivity index (χ0n) is 20.9. The van der Waals surface area contributed by atoms with Crippen LogP contribution >= 0.6 is 23.1 Å². The van der Waals surface area contributed by atoms with Crippen LogP contribution < -0.4 is 5.56 Å². The second kappa shape index (κ2) is 10.1. The van der Waals surface area contributed by atoms with Crippen LogP contribution in [0, 0.1) is 12.8 Å². The van der Waals surface area contributed by atoms with Crippen molar-refractivity contribution in [1.82, 2.24) is 14.5 Å². The Morgan fingerprint density at radius 2 is 1.86 bits per heavy atom. The summed E-state index contributed by atoms with van der Waals surface area (Å²) in [6, 6.07) is 7.94. The highest BCUT2D eigenvalue weighted by Gasteiger charge is 2.30. The Labute approximate surface area is 214 Å². The summed E-state index contributed by atoms with van der Waals surface area (Å²) in [5, 5.41) is 0.959. The normalized spacial score (nSPS) is 19.2. The lowest BCUT2D eigenvalue weighted by molar-refractivity contribution is -0.131. The minimum absolute atomic E-state index is 0.0547. The van der Waals surface area contributed by atoms with E-state index in [1.165, 1.54) is 18.2 Å². The molecule has 2 aliphatic rings. The van der Waals surface area contributed by atoms with Crippen molar-refractivity contribution >= 4 is 39.2 Å². The van der Waals surface area contributed by atoms with Gasteiger partial charge >= 0.3 is 0 Å². The molecule has 1 saturated heterocycles. The SMILES string of the molecule is Cc1ccc(-n2c(SC(C)C(=O)N3CCCCC3)nc3sc4c(c3c2=O)CC(C(C)C)OC4)cc1. The molecule has 2 aromatic heterocycles. The van der Waals surface area contributed by atoms with Crippen LogP contribution in [0.15, 0.2) is 34.2 Å². The van der Waals surface area contributed by atoms with Crippen molar-refractivity contribution in [1.29, 1.82) is 0 Å². The maximum Gasteiger partial charge on any atom is 0.267 e. The van der Waals surface area contributed by atoms with Crippen LogP contribution in [-0.2, 0) is 22.6 Å². The Balaban J connectivity index is 1.60. The minimum Gasteiger partial charge on any atom is -0.372 e. The minimum atomic E-state index is -0.322. The zero-order chi connectivity index (χ0) is 24.7. The first-order valence-corrected chi connectivity index (χ1v) is 14.2. The Morgan fingerprint density at radius 3 is 2.54 bits per heavy atom. The van der Waals surface area contributed by atoms with Gasteiger partial charge in [0.15, 0.2) is 5.16 Å². The molecule has 186 valence electrons. The van der Waals surface area contributed by atoms with Gasteiger partial charge in [0, 0.05) is 24.4 Å². The average Bonchev–Trinajstić information content (AvgIpc) is 3.23. The van der Waals surface area contributed by atoms with Gasteiger partial charge in [-0.3, -0.25) is 14.2 Å². The highest BCUT2D eigenvalue weighted by molar-refractivity contribution is 8.00. The van der Waals surface area contributed by atoms with E-state index in [1.807, 2.05) is 43.0 Å². The van der Waals surface area contributed by atoms with Crippen LogP contribution in [0.25, 0.3) is 15.9 Å². The number of aryl methyl sites for hydroxylation is 1. The fraction of sp³-hybridized carbons (Fsp3) is 0.519. The quantitative estimate of drug-likeness (QED) is 0.341. The molecule has 0 radical (unpaired) electrons. The molecular formula is C27H33N3O3S2. The molecule has 2 unspecified atom stereocenters. The third-order valence-corrected chi connectivity index (χ3v) is 9.18. The molecule has 0 N–H and O–H groups in total. The molecule has 1 fully saturated rings. The number of carbonyl (C=O) groups is 1. The molecule has 8 heteroatoms. The third-order valence-electron chi connectivity index (χ3n) is 7.04. The van der Waals surface area contributed by atoms with Gasteiger partial charge in [-0.1, -0.05) is 43.3 Å². The van der Waals surface area contributed by atoms with E-state index in [1.54, 1.807) is 15.9 Å². The predicted octanol–water partition coefficient (Wildman–Crippen LogP) is 5.35. The lowest BCUT2D eigenvalue weighted by atomic mass is 9.96. The Kier molecular flexibility index (Phi) is 7.06. The highest BCUT2D eigenvalue weighted by Crippen LogP contribution is 2.37. The van der Waals surface area contributed by atoms with Crippen LogP contribution in [0.2, 0.25) is 0 Å². The second-order valence-electron chi connectivity index (χ2n) is 10.00. The number of fused-ring (bicyclic) bond motifs is 3. The number of carbonyl (C=O) groups excluding carboxylic acids is 1. The molecule has 35 heavy (non-hydrogen) atoms. The number of ether oxygens (including phenoxy) is 1. The van der Waals surface area contributed by atoms with Gasteiger partial charge in [-0.15, -0.1) is 11.3 Å². The summed E-state index contributed by atoms with van der Waals surface area (Å²) in [7, 11) is 0. The van der Waals surface area contributed by atoms with Crippen molar-refractivity contribution in [3.05, 3.63) is 50.6 Å². The van der Waals surface area contributed by atoms with E-state index in [0.29, 0.717) is 23.1 Å². The van der Waals surface area contributed by atoms with E-state index < -0.39 is 0 Å². The molecule has 1 aromatic carbocycles. The number of likely N-dealkylation sites (tertiary alicyclic amines) is 1. The van der Waals surface area contributed by atoms with E-state index in [-0.39, 0.29) is 22.8 Å². The van der Waals surface area contributed by atoms with E-state index >= 15 is 0 Å². The summed E-state index contributed by atoms with van der Waals surface area (Å²) in [6.45, 7) is 10.4. The van der Waals surface area contributed by atoms with Crippen molar-refractivity contribution in [3.8, 4) is 5.69 Å². The molecule has 0 spiro atoms. The third kappa shape index (κ3) is 4.80. The smallest absolute Gasteiger partial charge is 0.267 e. The highest BCUT2D eigenvalue weighted by atomic mass is 32.2. The molecule has 0 aliphatic carbocycles. The van der Waals surface area contributed by atoms with Crippen LogP contribution in [-0.4, -0.2) is 44.8 Å². The van der Waals surface area contributed by atoms with Crippen LogP contribution in [0.4, 0.5) is 0 Å². The van der Waals surface area contributed by atoms with Crippen LogP contribution in [0.5, 0.6) is 0 Å². The maximum absolute atomic E-state index is 14.1. The van der Waals surface area contributed by atoms with Crippen molar-refractivity contribution < 1.29 is 9.53 Å². The molecule has 6 nitrogen and oxygen atoms in total. The summed E-state index contributed by atoms with van der Waals surface area (Å²) >= 11 is 2.94. The topological polar surface area (TPSA) is 64.4 Å². The predicted molar refractivity (Wildman–Crippen MR) is 143 cm³/mol.